The lowest BCUT2D eigenvalue weighted by Crippen LogP contribution is -2.29. The van der Waals surface area contributed by atoms with Gasteiger partial charge in [-0.25, -0.2) is 0 Å². The molecule has 0 aliphatic heterocycles. The van der Waals surface area contributed by atoms with Gasteiger partial charge in [-0.15, -0.1) is 10.2 Å². The van der Waals surface area contributed by atoms with Crippen LogP contribution >= 0.6 is 23.1 Å². The SMILES string of the molecule is CSC1(CNc2nnc(C(F)(F)F)s2)CCCC1. The van der Waals surface area contributed by atoms with Crippen molar-refractivity contribution in [3.8, 4) is 0 Å². The number of halogens is 3. The number of alkyl halides is 3. The van der Waals surface area contributed by atoms with E-state index in [-0.39, 0.29) is 9.88 Å². The third-order valence-electron chi connectivity index (χ3n) is 3.18. The molecule has 2 rings (SSSR count). The smallest absolute Gasteiger partial charge is 0.359 e. The quantitative estimate of drug-likeness (QED) is 0.920. The van der Waals surface area contributed by atoms with Gasteiger partial charge in [-0.2, -0.15) is 24.9 Å². The molecule has 0 bridgehead atoms. The van der Waals surface area contributed by atoms with Gasteiger partial charge in [0, 0.05) is 11.3 Å². The molecule has 0 radical (unpaired) electrons. The van der Waals surface area contributed by atoms with Crippen LogP contribution in [0.4, 0.5) is 18.3 Å². The second kappa shape index (κ2) is 5.24. The molecule has 0 unspecified atom stereocenters. The maximum absolute atomic E-state index is 12.4. The zero-order valence-electron chi connectivity index (χ0n) is 9.88. The van der Waals surface area contributed by atoms with Crippen molar-refractivity contribution in [2.24, 2.45) is 0 Å². The van der Waals surface area contributed by atoms with Crippen LogP contribution in [0.5, 0.6) is 0 Å². The summed E-state index contributed by atoms with van der Waals surface area (Å²) in [4.78, 5) is 0. The molecule has 1 aromatic heterocycles. The Morgan fingerprint density at radius 2 is 2.00 bits per heavy atom. The highest BCUT2D eigenvalue weighted by Gasteiger charge is 2.36. The third kappa shape index (κ3) is 3.09. The van der Waals surface area contributed by atoms with Crippen molar-refractivity contribution in [1.29, 1.82) is 0 Å². The molecule has 1 aromatic rings. The molecule has 1 saturated carbocycles. The number of hydrogen-bond donors (Lipinski definition) is 1. The van der Waals surface area contributed by atoms with Crippen LogP contribution in [0.1, 0.15) is 30.7 Å². The van der Waals surface area contributed by atoms with E-state index in [9.17, 15) is 13.2 Å². The summed E-state index contributed by atoms with van der Waals surface area (Å²) in [6.07, 6.45) is 2.23. The Bertz CT molecular complexity index is 399. The van der Waals surface area contributed by atoms with Crippen LogP contribution in [0.25, 0.3) is 0 Å². The van der Waals surface area contributed by atoms with E-state index in [2.05, 4.69) is 15.5 Å². The summed E-state index contributed by atoms with van der Waals surface area (Å²) >= 11 is 2.35. The fraction of sp³-hybridized carbons (Fsp3) is 0.800. The van der Waals surface area contributed by atoms with E-state index in [1.807, 2.05) is 6.26 Å². The lowest BCUT2D eigenvalue weighted by atomic mass is 10.1. The number of aromatic nitrogens is 2. The third-order valence-corrected chi connectivity index (χ3v) is 5.52. The summed E-state index contributed by atoms with van der Waals surface area (Å²) in [6, 6.07) is 0. The number of anilines is 1. The summed E-state index contributed by atoms with van der Waals surface area (Å²) in [5, 5.41) is 9.05. The van der Waals surface area contributed by atoms with Gasteiger partial charge in [0.05, 0.1) is 0 Å². The van der Waals surface area contributed by atoms with E-state index in [4.69, 9.17) is 0 Å². The Balaban J connectivity index is 1.96. The molecule has 1 heterocycles. The topological polar surface area (TPSA) is 37.8 Å². The molecule has 1 aliphatic rings. The van der Waals surface area contributed by atoms with Crippen LogP contribution in [-0.4, -0.2) is 27.7 Å². The van der Waals surface area contributed by atoms with Crippen LogP contribution in [0.2, 0.25) is 0 Å². The van der Waals surface area contributed by atoms with Gasteiger partial charge in [0.25, 0.3) is 0 Å². The maximum atomic E-state index is 12.4. The van der Waals surface area contributed by atoms with Gasteiger partial charge in [-0.1, -0.05) is 24.2 Å². The first kappa shape index (κ1) is 13.9. The minimum absolute atomic E-state index is 0.143. The molecule has 102 valence electrons. The number of rotatable bonds is 4. The molecule has 18 heavy (non-hydrogen) atoms. The van der Waals surface area contributed by atoms with Gasteiger partial charge in [0.15, 0.2) is 0 Å². The Morgan fingerprint density at radius 1 is 1.33 bits per heavy atom. The first-order valence-electron chi connectivity index (χ1n) is 5.65. The molecule has 0 atom stereocenters. The van der Waals surface area contributed by atoms with Crippen molar-refractivity contribution in [2.45, 2.75) is 36.6 Å². The predicted molar refractivity (Wildman–Crippen MR) is 68.1 cm³/mol. The minimum Gasteiger partial charge on any atom is -0.359 e. The highest BCUT2D eigenvalue weighted by molar-refractivity contribution is 8.00. The van der Waals surface area contributed by atoms with E-state index in [1.165, 1.54) is 12.8 Å². The van der Waals surface area contributed by atoms with Gasteiger partial charge < -0.3 is 5.32 Å². The predicted octanol–water partition coefficient (Wildman–Crippen LogP) is 3.64. The lowest BCUT2D eigenvalue weighted by Gasteiger charge is -2.26. The van der Waals surface area contributed by atoms with Crippen LogP contribution in [0.15, 0.2) is 0 Å². The molecular weight excluding hydrogens is 283 g/mol. The number of thioether (sulfide) groups is 1. The molecule has 0 amide bonds. The van der Waals surface area contributed by atoms with Crippen molar-refractivity contribution in [3.63, 3.8) is 0 Å². The first-order valence-corrected chi connectivity index (χ1v) is 7.69. The summed E-state index contributed by atoms with van der Waals surface area (Å²) in [6.45, 7) is 0.653. The zero-order valence-corrected chi connectivity index (χ0v) is 11.5. The standard InChI is InChI=1S/C10H14F3N3S2/c1-17-9(4-2-3-5-9)6-14-8-16-15-7(18-8)10(11,12)13/h2-6H2,1H3,(H,14,16). The molecule has 1 fully saturated rings. The molecular formula is C10H14F3N3S2. The van der Waals surface area contributed by atoms with Crippen molar-refractivity contribution in [2.75, 3.05) is 18.1 Å². The summed E-state index contributed by atoms with van der Waals surface area (Å²) in [5.74, 6) is 0. The first-order chi connectivity index (χ1) is 8.45. The zero-order chi connectivity index (χ0) is 13.2. The Hall–Kier alpha value is -0.500. The van der Waals surface area contributed by atoms with E-state index in [0.29, 0.717) is 17.9 Å². The van der Waals surface area contributed by atoms with Gasteiger partial charge in [-0.3, -0.25) is 0 Å². The van der Waals surface area contributed by atoms with Gasteiger partial charge in [0.2, 0.25) is 10.1 Å². The van der Waals surface area contributed by atoms with Gasteiger partial charge >= 0.3 is 6.18 Å². The number of hydrogen-bond acceptors (Lipinski definition) is 5. The Kier molecular flexibility index (Phi) is 4.05. The van der Waals surface area contributed by atoms with Crippen molar-refractivity contribution in [1.82, 2.24) is 10.2 Å². The average Bonchev–Trinajstić information content (AvgIpc) is 2.96. The van der Waals surface area contributed by atoms with Crippen LogP contribution in [0.3, 0.4) is 0 Å². The van der Waals surface area contributed by atoms with Crippen LogP contribution in [-0.2, 0) is 6.18 Å². The highest BCUT2D eigenvalue weighted by atomic mass is 32.2. The molecule has 3 nitrogen and oxygen atoms in total. The number of nitrogens with zero attached hydrogens (tertiary/aromatic N) is 2. The Labute approximate surface area is 112 Å². The Morgan fingerprint density at radius 3 is 2.50 bits per heavy atom. The normalized spacial score (nSPS) is 19.1. The summed E-state index contributed by atoms with van der Waals surface area (Å²) in [5.41, 5.74) is 0. The highest BCUT2D eigenvalue weighted by Crippen LogP contribution is 2.40. The minimum atomic E-state index is -4.40. The van der Waals surface area contributed by atoms with Gasteiger partial charge in [0.1, 0.15) is 0 Å². The average molecular weight is 297 g/mol. The molecule has 0 spiro atoms. The molecule has 0 saturated heterocycles. The van der Waals surface area contributed by atoms with E-state index in [0.717, 1.165) is 12.8 Å². The van der Waals surface area contributed by atoms with Crippen LogP contribution in [0, 0.1) is 0 Å². The molecule has 8 heteroatoms. The fourth-order valence-electron chi connectivity index (χ4n) is 2.12. The second-order valence-electron chi connectivity index (χ2n) is 4.36. The monoisotopic (exact) mass is 297 g/mol. The molecule has 1 aliphatic carbocycles. The van der Waals surface area contributed by atoms with Gasteiger partial charge in [-0.05, 0) is 19.1 Å². The van der Waals surface area contributed by atoms with E-state index in [1.54, 1.807) is 11.8 Å². The number of nitrogens with one attached hydrogen (secondary N) is 1. The maximum Gasteiger partial charge on any atom is 0.445 e. The molecule has 1 N–H and O–H groups in total. The van der Waals surface area contributed by atoms with Crippen molar-refractivity contribution >= 4 is 28.2 Å². The largest absolute Gasteiger partial charge is 0.445 e. The second-order valence-corrected chi connectivity index (χ2v) is 6.61. The summed E-state index contributed by atoms with van der Waals surface area (Å²) in [7, 11) is 0. The fourth-order valence-corrected chi connectivity index (χ4v) is 3.64. The van der Waals surface area contributed by atoms with Crippen molar-refractivity contribution in [3.05, 3.63) is 5.01 Å². The van der Waals surface area contributed by atoms with E-state index < -0.39 is 11.2 Å². The summed E-state index contributed by atoms with van der Waals surface area (Å²) < 4.78 is 37.2. The van der Waals surface area contributed by atoms with Crippen LogP contribution < -0.4 is 5.32 Å². The van der Waals surface area contributed by atoms with E-state index >= 15 is 0 Å². The van der Waals surface area contributed by atoms with Crippen molar-refractivity contribution < 1.29 is 13.2 Å². The molecule has 0 aromatic carbocycles. The lowest BCUT2D eigenvalue weighted by molar-refractivity contribution is -0.138.